The number of allylic oxidation sites excluding steroid dienone is 1. The maximum absolute atomic E-state index is 5.98. The summed E-state index contributed by atoms with van der Waals surface area (Å²) in [6.07, 6.45) is 4.13. The van der Waals surface area contributed by atoms with E-state index in [9.17, 15) is 0 Å². The molecule has 0 aromatic heterocycles. The Morgan fingerprint density at radius 1 is 1.47 bits per heavy atom. The predicted molar refractivity (Wildman–Crippen MR) is 68.2 cm³/mol. The average Bonchev–Trinajstić information content (AvgIpc) is 2.37. The number of rotatable bonds is 4. The van der Waals surface area contributed by atoms with Crippen molar-refractivity contribution in [3.05, 3.63) is 41.1 Å². The van der Waals surface area contributed by atoms with Crippen LogP contribution in [0.1, 0.15) is 12.8 Å². The first-order valence-electron chi connectivity index (χ1n) is 5.72. The van der Waals surface area contributed by atoms with Gasteiger partial charge < -0.3 is 15.2 Å². The fraction of sp³-hybridized carbons (Fsp3) is 0.385. The van der Waals surface area contributed by atoms with E-state index < -0.39 is 0 Å². The second-order valence-electron chi connectivity index (χ2n) is 3.97. The lowest BCUT2D eigenvalue weighted by molar-refractivity contribution is 0.158. The van der Waals surface area contributed by atoms with Crippen LogP contribution in [0.3, 0.4) is 0 Å². The summed E-state index contributed by atoms with van der Waals surface area (Å²) < 4.78 is 11.1. The van der Waals surface area contributed by atoms with Gasteiger partial charge in [0.2, 0.25) is 0 Å². The Balaban J connectivity index is 1.87. The molecular weight excluding hydrogens is 238 g/mol. The minimum atomic E-state index is -0.214. The largest absolute Gasteiger partial charge is 0.496 e. The van der Waals surface area contributed by atoms with Crippen LogP contribution in [0.2, 0.25) is 5.02 Å². The molecule has 0 radical (unpaired) electrons. The van der Waals surface area contributed by atoms with Gasteiger partial charge in [0.05, 0.1) is 12.6 Å². The van der Waals surface area contributed by atoms with E-state index in [1.807, 2.05) is 18.2 Å². The van der Waals surface area contributed by atoms with E-state index in [0.29, 0.717) is 11.6 Å². The Labute approximate surface area is 106 Å². The van der Waals surface area contributed by atoms with Gasteiger partial charge in [-0.2, -0.15) is 0 Å². The van der Waals surface area contributed by atoms with Crippen LogP contribution < -0.4 is 10.5 Å². The maximum atomic E-state index is 5.98. The Bertz CT molecular complexity index is 406. The molecule has 4 heteroatoms. The third kappa shape index (κ3) is 3.65. The van der Waals surface area contributed by atoms with Crippen molar-refractivity contribution in [1.29, 1.82) is 0 Å². The highest BCUT2D eigenvalue weighted by molar-refractivity contribution is 6.30. The van der Waals surface area contributed by atoms with Crippen LogP contribution in [0.15, 0.2) is 36.1 Å². The molecule has 0 saturated heterocycles. The highest BCUT2D eigenvalue weighted by Gasteiger charge is 2.14. The van der Waals surface area contributed by atoms with Crippen molar-refractivity contribution in [3.63, 3.8) is 0 Å². The zero-order chi connectivity index (χ0) is 12.1. The number of ether oxygens (including phenoxy) is 2. The first-order chi connectivity index (χ1) is 8.25. The smallest absolute Gasteiger partial charge is 0.120 e. The van der Waals surface area contributed by atoms with Gasteiger partial charge in [0.1, 0.15) is 18.1 Å². The number of hydrogen-bond acceptors (Lipinski definition) is 3. The second kappa shape index (κ2) is 5.94. The Morgan fingerprint density at radius 3 is 3.06 bits per heavy atom. The Hall–Kier alpha value is -1.19. The first kappa shape index (κ1) is 12.3. The first-order valence-corrected chi connectivity index (χ1v) is 6.10. The zero-order valence-electron chi connectivity index (χ0n) is 9.56. The van der Waals surface area contributed by atoms with Crippen molar-refractivity contribution in [3.8, 4) is 5.75 Å². The fourth-order valence-corrected chi connectivity index (χ4v) is 1.84. The van der Waals surface area contributed by atoms with Gasteiger partial charge in [-0.05, 0) is 37.1 Å². The lowest BCUT2D eigenvalue weighted by atomic mass is 10.2. The summed E-state index contributed by atoms with van der Waals surface area (Å²) in [5.41, 5.74) is 5.98. The molecule has 1 aromatic rings. The normalized spacial score (nSPS) is 16.9. The fourth-order valence-electron chi connectivity index (χ4n) is 1.66. The van der Waals surface area contributed by atoms with Crippen molar-refractivity contribution in [2.45, 2.75) is 18.9 Å². The number of benzene rings is 1. The summed E-state index contributed by atoms with van der Waals surface area (Å²) in [7, 11) is 0. The van der Waals surface area contributed by atoms with Crippen molar-refractivity contribution in [2.75, 3.05) is 13.2 Å². The van der Waals surface area contributed by atoms with Gasteiger partial charge in [0.25, 0.3) is 0 Å². The van der Waals surface area contributed by atoms with Crippen molar-refractivity contribution in [2.24, 2.45) is 5.73 Å². The molecule has 1 atom stereocenters. The van der Waals surface area contributed by atoms with Crippen molar-refractivity contribution in [1.82, 2.24) is 0 Å². The Morgan fingerprint density at radius 2 is 2.35 bits per heavy atom. The van der Waals surface area contributed by atoms with Gasteiger partial charge in [-0.1, -0.05) is 17.7 Å². The van der Waals surface area contributed by atoms with Gasteiger partial charge in [-0.3, -0.25) is 0 Å². The highest BCUT2D eigenvalue weighted by Crippen LogP contribution is 2.18. The third-order valence-corrected chi connectivity index (χ3v) is 2.79. The molecule has 0 bridgehead atoms. The van der Waals surface area contributed by atoms with Gasteiger partial charge in [0.15, 0.2) is 0 Å². The van der Waals surface area contributed by atoms with Gasteiger partial charge >= 0.3 is 0 Å². The van der Waals surface area contributed by atoms with E-state index >= 15 is 0 Å². The molecule has 1 heterocycles. The molecule has 2 N–H and O–H groups in total. The molecule has 2 rings (SSSR count). The quantitative estimate of drug-likeness (QED) is 0.897. The number of hydrogen-bond donors (Lipinski definition) is 1. The summed E-state index contributed by atoms with van der Waals surface area (Å²) in [5, 5.41) is 0.657. The molecule has 92 valence electrons. The monoisotopic (exact) mass is 253 g/mol. The van der Waals surface area contributed by atoms with Gasteiger partial charge in [0, 0.05) is 5.02 Å². The molecule has 17 heavy (non-hydrogen) atoms. The average molecular weight is 254 g/mol. The summed E-state index contributed by atoms with van der Waals surface area (Å²) in [6, 6.07) is 7.06. The molecule has 1 aliphatic rings. The summed E-state index contributed by atoms with van der Waals surface area (Å²) in [6.45, 7) is 1.14. The van der Waals surface area contributed by atoms with Gasteiger partial charge in [-0.15, -0.1) is 0 Å². The minimum Gasteiger partial charge on any atom is -0.496 e. The summed E-state index contributed by atoms with van der Waals surface area (Å²) >= 11 is 5.86. The van der Waals surface area contributed by atoms with E-state index in [1.54, 1.807) is 12.1 Å². The van der Waals surface area contributed by atoms with Crippen molar-refractivity contribution < 1.29 is 9.47 Å². The van der Waals surface area contributed by atoms with Crippen molar-refractivity contribution >= 4 is 11.6 Å². The maximum Gasteiger partial charge on any atom is 0.120 e. The van der Waals surface area contributed by atoms with Crippen LogP contribution in [-0.2, 0) is 4.74 Å². The third-order valence-electron chi connectivity index (χ3n) is 2.55. The van der Waals surface area contributed by atoms with Gasteiger partial charge in [-0.25, -0.2) is 0 Å². The van der Waals surface area contributed by atoms with Crippen LogP contribution in [0.4, 0.5) is 0 Å². The number of nitrogens with two attached hydrogens (primary N) is 1. The molecule has 1 unspecified atom stereocenters. The molecule has 1 aliphatic heterocycles. The lowest BCUT2D eigenvalue weighted by Gasteiger charge is -2.20. The number of halogens is 1. The summed E-state index contributed by atoms with van der Waals surface area (Å²) in [5.74, 6) is 1.56. The topological polar surface area (TPSA) is 44.5 Å². The van der Waals surface area contributed by atoms with E-state index in [2.05, 4.69) is 0 Å². The zero-order valence-corrected chi connectivity index (χ0v) is 10.3. The van der Waals surface area contributed by atoms with Crippen LogP contribution in [0.25, 0.3) is 0 Å². The Kier molecular flexibility index (Phi) is 4.29. The van der Waals surface area contributed by atoms with E-state index in [4.69, 9.17) is 26.8 Å². The molecule has 0 aliphatic carbocycles. The molecule has 0 spiro atoms. The standard InChI is InChI=1S/C13H16ClNO2/c14-10-4-3-5-11(8-10)17-9-12(15)13-6-1-2-7-16-13/h3-6,8,12H,1-2,7,9,15H2. The minimum absolute atomic E-state index is 0.214. The van der Waals surface area contributed by atoms with Crippen LogP contribution >= 0.6 is 11.6 Å². The predicted octanol–water partition coefficient (Wildman–Crippen LogP) is 2.74. The van der Waals surface area contributed by atoms with Crippen LogP contribution in [0.5, 0.6) is 5.75 Å². The molecule has 1 aromatic carbocycles. The summed E-state index contributed by atoms with van der Waals surface area (Å²) in [4.78, 5) is 0. The lowest BCUT2D eigenvalue weighted by Crippen LogP contribution is -2.32. The van der Waals surface area contributed by atoms with E-state index in [0.717, 1.165) is 31.0 Å². The molecular formula is C13H16ClNO2. The SMILES string of the molecule is NC(COc1cccc(Cl)c1)C1=CCCCO1. The second-order valence-corrected chi connectivity index (χ2v) is 4.41. The molecule has 3 nitrogen and oxygen atoms in total. The van der Waals surface area contributed by atoms with E-state index in [-0.39, 0.29) is 6.04 Å². The van der Waals surface area contributed by atoms with Crippen LogP contribution in [-0.4, -0.2) is 19.3 Å². The molecule has 0 amide bonds. The van der Waals surface area contributed by atoms with E-state index in [1.165, 1.54) is 0 Å². The van der Waals surface area contributed by atoms with Crippen LogP contribution in [0, 0.1) is 0 Å². The molecule has 0 fully saturated rings. The molecule has 0 saturated carbocycles. The highest BCUT2D eigenvalue weighted by atomic mass is 35.5.